The maximum Gasteiger partial charge on any atom is 0.242 e. The Morgan fingerprint density at radius 1 is 1.31 bits per heavy atom. The number of fused-ring (bicyclic) bond motifs is 2. The van der Waals surface area contributed by atoms with Gasteiger partial charge in [0.05, 0.1) is 16.7 Å². The van der Waals surface area contributed by atoms with E-state index in [0.29, 0.717) is 19.0 Å². The number of rotatable bonds is 4. The summed E-state index contributed by atoms with van der Waals surface area (Å²) in [4.78, 5) is 19.9. The third kappa shape index (κ3) is 2.52. The Kier molecular flexibility index (Phi) is 3.58. The van der Waals surface area contributed by atoms with E-state index in [1.54, 1.807) is 0 Å². The number of amides is 1. The van der Waals surface area contributed by atoms with Crippen molar-refractivity contribution in [3.63, 3.8) is 0 Å². The molecule has 1 amide bonds. The lowest BCUT2D eigenvalue weighted by Gasteiger charge is -2.27. The Morgan fingerprint density at radius 3 is 2.96 bits per heavy atom. The number of hydrogen-bond donors (Lipinski definition) is 1. The van der Waals surface area contributed by atoms with Crippen molar-refractivity contribution in [2.24, 2.45) is 0 Å². The minimum atomic E-state index is 0.170. The largest absolute Gasteiger partial charge is 0.336 e. The van der Waals surface area contributed by atoms with Crippen LogP contribution < -0.4 is 0 Å². The monoisotopic (exact) mass is 349 g/mol. The smallest absolute Gasteiger partial charge is 0.242 e. The van der Waals surface area contributed by atoms with E-state index in [0.717, 1.165) is 41.9 Å². The van der Waals surface area contributed by atoms with Crippen molar-refractivity contribution >= 4 is 16.9 Å². The number of benzene rings is 1. The standard InChI is InChI=1S/C20H23N5O/c1-2-15-14-11-24(10-9-16(14)23-22-15)19(26)12-25-18-6-4-3-5-17(18)21-20(25)13-7-8-13/h3-6,13H,2,7-12H2,1H3,(H,22,23). The summed E-state index contributed by atoms with van der Waals surface area (Å²) in [6, 6.07) is 8.14. The first-order valence-corrected chi connectivity index (χ1v) is 9.52. The van der Waals surface area contributed by atoms with E-state index in [-0.39, 0.29) is 5.91 Å². The van der Waals surface area contributed by atoms with Crippen LogP contribution in [0.3, 0.4) is 0 Å². The molecule has 26 heavy (non-hydrogen) atoms. The van der Waals surface area contributed by atoms with Crippen molar-refractivity contribution in [2.75, 3.05) is 6.54 Å². The molecule has 3 aromatic rings. The van der Waals surface area contributed by atoms with Gasteiger partial charge >= 0.3 is 0 Å². The molecule has 0 saturated heterocycles. The van der Waals surface area contributed by atoms with E-state index in [2.05, 4.69) is 27.8 Å². The normalized spacial score (nSPS) is 16.9. The molecule has 1 aromatic carbocycles. The van der Waals surface area contributed by atoms with E-state index < -0.39 is 0 Å². The van der Waals surface area contributed by atoms with Crippen LogP contribution in [0, 0.1) is 0 Å². The number of H-pyrrole nitrogens is 1. The number of imidazole rings is 1. The highest BCUT2D eigenvalue weighted by Gasteiger charge is 2.31. The summed E-state index contributed by atoms with van der Waals surface area (Å²) in [6.07, 6.45) is 4.11. The van der Waals surface area contributed by atoms with Gasteiger partial charge in [-0.25, -0.2) is 4.98 Å². The molecule has 1 aliphatic heterocycles. The molecule has 1 fully saturated rings. The van der Waals surface area contributed by atoms with Crippen LogP contribution in [0.4, 0.5) is 0 Å². The van der Waals surface area contributed by atoms with Crippen LogP contribution in [0.2, 0.25) is 0 Å². The Labute approximate surface area is 152 Å². The highest BCUT2D eigenvalue weighted by Crippen LogP contribution is 2.40. The fraction of sp³-hybridized carbons (Fsp3) is 0.450. The zero-order valence-electron chi connectivity index (χ0n) is 15.0. The van der Waals surface area contributed by atoms with Crippen molar-refractivity contribution in [2.45, 2.75) is 51.6 Å². The van der Waals surface area contributed by atoms with Gasteiger partial charge in [-0.3, -0.25) is 9.89 Å². The molecule has 1 saturated carbocycles. The summed E-state index contributed by atoms with van der Waals surface area (Å²) >= 11 is 0. The maximum absolute atomic E-state index is 13.1. The number of aryl methyl sites for hydroxylation is 1. The Balaban J connectivity index is 1.43. The van der Waals surface area contributed by atoms with Gasteiger partial charge in [0.25, 0.3) is 0 Å². The Hall–Kier alpha value is -2.63. The van der Waals surface area contributed by atoms with E-state index in [4.69, 9.17) is 4.98 Å². The van der Waals surface area contributed by atoms with Crippen LogP contribution in [-0.4, -0.2) is 37.1 Å². The van der Waals surface area contributed by atoms with Crippen LogP contribution >= 0.6 is 0 Å². The zero-order chi connectivity index (χ0) is 17.7. The second-order valence-corrected chi connectivity index (χ2v) is 7.37. The highest BCUT2D eigenvalue weighted by molar-refractivity contribution is 5.81. The van der Waals surface area contributed by atoms with E-state index in [9.17, 15) is 4.79 Å². The summed E-state index contributed by atoms with van der Waals surface area (Å²) in [5, 5.41) is 7.53. The minimum absolute atomic E-state index is 0.170. The molecule has 3 heterocycles. The highest BCUT2D eigenvalue weighted by atomic mass is 16.2. The first kappa shape index (κ1) is 15.6. The quantitative estimate of drug-likeness (QED) is 0.787. The van der Waals surface area contributed by atoms with Gasteiger partial charge in [-0.15, -0.1) is 0 Å². The summed E-state index contributed by atoms with van der Waals surface area (Å²) in [5.41, 5.74) is 5.55. The van der Waals surface area contributed by atoms with E-state index in [1.807, 2.05) is 23.1 Å². The van der Waals surface area contributed by atoms with E-state index >= 15 is 0 Å². The van der Waals surface area contributed by atoms with Crippen LogP contribution in [-0.2, 0) is 30.7 Å². The molecule has 0 spiro atoms. The third-order valence-corrected chi connectivity index (χ3v) is 5.63. The Morgan fingerprint density at radius 2 is 2.15 bits per heavy atom. The third-order valence-electron chi connectivity index (χ3n) is 5.63. The number of para-hydroxylation sites is 2. The molecular formula is C20H23N5O. The lowest BCUT2D eigenvalue weighted by molar-refractivity contribution is -0.132. The van der Waals surface area contributed by atoms with Gasteiger partial charge in [0, 0.05) is 36.7 Å². The predicted molar refractivity (Wildman–Crippen MR) is 98.8 cm³/mol. The van der Waals surface area contributed by atoms with Gasteiger partial charge in [0.1, 0.15) is 12.4 Å². The second-order valence-electron chi connectivity index (χ2n) is 7.37. The van der Waals surface area contributed by atoms with Gasteiger partial charge in [-0.1, -0.05) is 19.1 Å². The van der Waals surface area contributed by atoms with Crippen molar-refractivity contribution in [1.29, 1.82) is 0 Å². The number of aromatic amines is 1. The molecule has 1 aliphatic carbocycles. The lowest BCUT2D eigenvalue weighted by Crippen LogP contribution is -2.38. The molecule has 0 bridgehead atoms. The number of nitrogens with zero attached hydrogens (tertiary/aromatic N) is 4. The van der Waals surface area contributed by atoms with Crippen molar-refractivity contribution in [1.82, 2.24) is 24.6 Å². The van der Waals surface area contributed by atoms with E-state index in [1.165, 1.54) is 24.1 Å². The number of aromatic nitrogens is 4. The molecule has 0 atom stereocenters. The van der Waals surface area contributed by atoms with Crippen LogP contribution in [0.15, 0.2) is 24.3 Å². The van der Waals surface area contributed by atoms with Crippen LogP contribution in [0.25, 0.3) is 11.0 Å². The fourth-order valence-corrected chi connectivity index (χ4v) is 4.01. The average molecular weight is 349 g/mol. The maximum atomic E-state index is 13.1. The fourth-order valence-electron chi connectivity index (χ4n) is 4.01. The lowest BCUT2D eigenvalue weighted by atomic mass is 10.0. The topological polar surface area (TPSA) is 66.8 Å². The molecule has 2 aliphatic rings. The zero-order valence-corrected chi connectivity index (χ0v) is 15.0. The average Bonchev–Trinajstić information content (AvgIpc) is 3.34. The van der Waals surface area contributed by atoms with Crippen molar-refractivity contribution < 1.29 is 4.79 Å². The van der Waals surface area contributed by atoms with Crippen LogP contribution in [0.1, 0.15) is 48.5 Å². The number of nitrogens with one attached hydrogen (secondary N) is 1. The number of carbonyl (C=O) groups excluding carboxylic acids is 1. The summed E-state index contributed by atoms with van der Waals surface area (Å²) in [7, 11) is 0. The molecule has 134 valence electrons. The van der Waals surface area contributed by atoms with Crippen molar-refractivity contribution in [3.8, 4) is 0 Å². The number of hydrogen-bond acceptors (Lipinski definition) is 3. The number of carbonyl (C=O) groups is 1. The van der Waals surface area contributed by atoms with Gasteiger partial charge in [0.2, 0.25) is 5.91 Å². The molecule has 2 aromatic heterocycles. The molecule has 0 unspecified atom stereocenters. The summed E-state index contributed by atoms with van der Waals surface area (Å²) in [6.45, 7) is 3.90. The van der Waals surface area contributed by atoms with Gasteiger partial charge < -0.3 is 9.47 Å². The van der Waals surface area contributed by atoms with Crippen molar-refractivity contribution in [3.05, 3.63) is 47.0 Å². The SMILES string of the molecule is CCc1n[nH]c2c1CN(C(=O)Cn1c(C3CC3)nc3ccccc31)CC2. The van der Waals surface area contributed by atoms with Gasteiger partial charge in [-0.2, -0.15) is 5.10 Å². The molecule has 1 N–H and O–H groups in total. The molecule has 6 nitrogen and oxygen atoms in total. The van der Waals surface area contributed by atoms with Crippen LogP contribution in [0.5, 0.6) is 0 Å². The van der Waals surface area contributed by atoms with Gasteiger partial charge in [-0.05, 0) is 31.4 Å². The first-order chi connectivity index (χ1) is 12.7. The molecule has 5 rings (SSSR count). The summed E-state index contributed by atoms with van der Waals surface area (Å²) in [5.74, 6) is 1.77. The van der Waals surface area contributed by atoms with Gasteiger partial charge in [0.15, 0.2) is 0 Å². The molecule has 6 heteroatoms. The molecule has 0 radical (unpaired) electrons. The minimum Gasteiger partial charge on any atom is -0.336 e. The predicted octanol–water partition coefficient (Wildman–Crippen LogP) is 2.78. The Bertz CT molecular complexity index is 968. The first-order valence-electron chi connectivity index (χ1n) is 9.52. The second kappa shape index (κ2) is 5.97. The molecular weight excluding hydrogens is 326 g/mol. The summed E-state index contributed by atoms with van der Waals surface area (Å²) < 4.78 is 2.14.